The third-order valence-corrected chi connectivity index (χ3v) is 3.94. The van der Waals surface area contributed by atoms with E-state index in [-0.39, 0.29) is 17.6 Å². The number of halogens is 1. The number of piperidine rings is 1. The van der Waals surface area contributed by atoms with E-state index in [0.717, 1.165) is 18.6 Å². The first-order valence-electron chi connectivity index (χ1n) is 6.69. The van der Waals surface area contributed by atoms with E-state index < -0.39 is 23.3 Å². The predicted molar refractivity (Wildman–Crippen MR) is 76.5 cm³/mol. The molecule has 21 heavy (non-hydrogen) atoms. The molecule has 0 radical (unpaired) electrons. The average molecular weight is 295 g/mol. The van der Waals surface area contributed by atoms with Crippen molar-refractivity contribution in [2.24, 2.45) is 11.7 Å². The summed E-state index contributed by atoms with van der Waals surface area (Å²) in [5.41, 5.74) is 11.3. The standard InChI is InChI=1S/C14H18FN3O3/c1-7-2-3-8(13(17)19)6-18(7)12-5-10(15)9(14(20)21)4-11(12)16/h4-5,7-8H,2-3,6,16H2,1H3,(H2,17,19)(H,20,21). The number of hydrogen-bond donors (Lipinski definition) is 3. The van der Waals surface area contributed by atoms with Crippen molar-refractivity contribution in [2.45, 2.75) is 25.8 Å². The summed E-state index contributed by atoms with van der Waals surface area (Å²) in [6.07, 6.45) is 1.41. The van der Waals surface area contributed by atoms with Gasteiger partial charge in [0.05, 0.1) is 22.9 Å². The molecule has 1 aromatic carbocycles. The lowest BCUT2D eigenvalue weighted by Crippen LogP contribution is -2.46. The van der Waals surface area contributed by atoms with Crippen molar-refractivity contribution >= 4 is 23.3 Å². The van der Waals surface area contributed by atoms with Crippen LogP contribution in [0.2, 0.25) is 0 Å². The first-order valence-corrected chi connectivity index (χ1v) is 6.69. The van der Waals surface area contributed by atoms with Gasteiger partial charge in [0.15, 0.2) is 0 Å². The number of aromatic carboxylic acids is 1. The van der Waals surface area contributed by atoms with E-state index in [1.165, 1.54) is 0 Å². The van der Waals surface area contributed by atoms with Crippen LogP contribution < -0.4 is 16.4 Å². The zero-order chi connectivity index (χ0) is 15.7. The smallest absolute Gasteiger partial charge is 0.338 e. The number of nitrogen functional groups attached to an aromatic ring is 1. The molecular formula is C14H18FN3O3. The number of carbonyl (C=O) groups excluding carboxylic acids is 1. The topological polar surface area (TPSA) is 110 Å². The summed E-state index contributed by atoms with van der Waals surface area (Å²) >= 11 is 0. The molecule has 114 valence electrons. The lowest BCUT2D eigenvalue weighted by atomic mass is 9.92. The van der Waals surface area contributed by atoms with E-state index in [4.69, 9.17) is 16.6 Å². The van der Waals surface area contributed by atoms with Crippen LogP contribution in [-0.2, 0) is 4.79 Å². The van der Waals surface area contributed by atoms with Gasteiger partial charge in [-0.25, -0.2) is 9.18 Å². The number of benzene rings is 1. The Morgan fingerprint density at radius 2 is 2.05 bits per heavy atom. The molecule has 0 bridgehead atoms. The van der Waals surface area contributed by atoms with Crippen molar-refractivity contribution in [3.63, 3.8) is 0 Å². The van der Waals surface area contributed by atoms with Crippen LogP contribution in [0.4, 0.5) is 15.8 Å². The van der Waals surface area contributed by atoms with E-state index in [9.17, 15) is 14.0 Å². The lowest BCUT2D eigenvalue weighted by Gasteiger charge is -2.39. The molecule has 1 heterocycles. The molecule has 1 amide bonds. The molecule has 1 aliphatic rings. The maximum absolute atomic E-state index is 13.9. The van der Waals surface area contributed by atoms with E-state index in [1.807, 2.05) is 11.8 Å². The van der Waals surface area contributed by atoms with Crippen molar-refractivity contribution in [2.75, 3.05) is 17.2 Å². The van der Waals surface area contributed by atoms with Crippen molar-refractivity contribution in [3.8, 4) is 0 Å². The highest BCUT2D eigenvalue weighted by Gasteiger charge is 2.30. The number of nitrogens with zero attached hydrogens (tertiary/aromatic N) is 1. The Labute approximate surface area is 121 Å². The number of carboxylic acid groups (broad SMARTS) is 1. The third kappa shape index (κ3) is 2.91. The summed E-state index contributed by atoms with van der Waals surface area (Å²) in [7, 11) is 0. The number of hydrogen-bond acceptors (Lipinski definition) is 4. The fraction of sp³-hybridized carbons (Fsp3) is 0.429. The minimum absolute atomic E-state index is 0.0676. The van der Waals surface area contributed by atoms with Crippen molar-refractivity contribution in [1.29, 1.82) is 0 Å². The molecule has 0 aliphatic carbocycles. The van der Waals surface area contributed by atoms with Gasteiger partial charge in [-0.05, 0) is 25.8 Å². The van der Waals surface area contributed by atoms with Crippen LogP contribution in [0.1, 0.15) is 30.1 Å². The lowest BCUT2D eigenvalue weighted by molar-refractivity contribution is -0.122. The minimum Gasteiger partial charge on any atom is -0.478 e. The molecule has 6 nitrogen and oxygen atoms in total. The molecule has 2 atom stereocenters. The second kappa shape index (κ2) is 5.59. The average Bonchev–Trinajstić information content (AvgIpc) is 2.41. The normalized spacial score (nSPS) is 22.1. The molecule has 5 N–H and O–H groups in total. The van der Waals surface area contributed by atoms with Crippen LogP contribution in [0.3, 0.4) is 0 Å². The highest BCUT2D eigenvalue weighted by molar-refractivity contribution is 5.91. The summed E-state index contributed by atoms with van der Waals surface area (Å²) in [6, 6.07) is 2.28. The number of amides is 1. The largest absolute Gasteiger partial charge is 0.478 e. The number of carbonyl (C=O) groups is 2. The number of anilines is 2. The van der Waals surface area contributed by atoms with Gasteiger partial charge in [0.2, 0.25) is 5.91 Å². The molecular weight excluding hydrogens is 277 g/mol. The van der Waals surface area contributed by atoms with E-state index in [2.05, 4.69) is 0 Å². The Hall–Kier alpha value is -2.31. The Bertz CT molecular complexity index is 591. The first kappa shape index (κ1) is 15.1. The Morgan fingerprint density at radius 3 is 2.62 bits per heavy atom. The van der Waals surface area contributed by atoms with Crippen LogP contribution >= 0.6 is 0 Å². The molecule has 1 saturated heterocycles. The first-order chi connectivity index (χ1) is 9.81. The molecule has 1 fully saturated rings. The Balaban J connectivity index is 2.38. The van der Waals surface area contributed by atoms with Gasteiger partial charge >= 0.3 is 5.97 Å². The van der Waals surface area contributed by atoms with Gasteiger partial charge in [-0.2, -0.15) is 0 Å². The summed E-state index contributed by atoms with van der Waals surface area (Å²) < 4.78 is 13.9. The molecule has 1 aliphatic heterocycles. The van der Waals surface area contributed by atoms with Gasteiger partial charge in [-0.3, -0.25) is 4.79 Å². The molecule has 2 unspecified atom stereocenters. The summed E-state index contributed by atoms with van der Waals surface area (Å²) in [6.45, 7) is 2.30. The quantitative estimate of drug-likeness (QED) is 0.726. The third-order valence-electron chi connectivity index (χ3n) is 3.94. The molecule has 1 aromatic rings. The van der Waals surface area contributed by atoms with Gasteiger partial charge < -0.3 is 21.5 Å². The van der Waals surface area contributed by atoms with Crippen molar-refractivity contribution in [1.82, 2.24) is 0 Å². The van der Waals surface area contributed by atoms with Crippen LogP contribution in [0.25, 0.3) is 0 Å². The predicted octanol–water partition coefficient (Wildman–Crippen LogP) is 1.20. The number of primary amides is 1. The highest BCUT2D eigenvalue weighted by atomic mass is 19.1. The summed E-state index contributed by atoms with van der Waals surface area (Å²) in [5, 5.41) is 8.89. The Kier molecular flexibility index (Phi) is 4.02. The van der Waals surface area contributed by atoms with E-state index in [1.54, 1.807) is 0 Å². The molecule has 0 aromatic heterocycles. The van der Waals surface area contributed by atoms with Gasteiger partial charge in [-0.15, -0.1) is 0 Å². The van der Waals surface area contributed by atoms with Gasteiger partial charge in [0.25, 0.3) is 0 Å². The fourth-order valence-corrected chi connectivity index (χ4v) is 2.67. The van der Waals surface area contributed by atoms with E-state index >= 15 is 0 Å². The zero-order valence-corrected chi connectivity index (χ0v) is 11.7. The summed E-state index contributed by atoms with van der Waals surface area (Å²) in [5.74, 6) is -2.93. The summed E-state index contributed by atoms with van der Waals surface area (Å²) in [4.78, 5) is 24.1. The molecule has 0 saturated carbocycles. The van der Waals surface area contributed by atoms with Gasteiger partial charge in [-0.1, -0.05) is 0 Å². The maximum atomic E-state index is 13.9. The Morgan fingerprint density at radius 1 is 1.38 bits per heavy atom. The van der Waals surface area contributed by atoms with E-state index in [0.29, 0.717) is 18.7 Å². The van der Waals surface area contributed by atoms with Crippen LogP contribution in [0, 0.1) is 11.7 Å². The minimum atomic E-state index is -1.37. The van der Waals surface area contributed by atoms with Crippen LogP contribution in [-0.4, -0.2) is 29.6 Å². The fourth-order valence-electron chi connectivity index (χ4n) is 2.67. The second-order valence-electron chi connectivity index (χ2n) is 5.37. The highest BCUT2D eigenvalue weighted by Crippen LogP contribution is 2.33. The van der Waals surface area contributed by atoms with Crippen LogP contribution in [0.15, 0.2) is 12.1 Å². The zero-order valence-electron chi connectivity index (χ0n) is 11.7. The van der Waals surface area contributed by atoms with Crippen molar-refractivity contribution < 1.29 is 19.1 Å². The number of nitrogens with two attached hydrogens (primary N) is 2. The van der Waals surface area contributed by atoms with Gasteiger partial charge in [0.1, 0.15) is 5.82 Å². The van der Waals surface area contributed by atoms with Crippen molar-refractivity contribution in [3.05, 3.63) is 23.5 Å². The molecule has 7 heteroatoms. The molecule has 2 rings (SSSR count). The number of carboxylic acids is 1. The van der Waals surface area contributed by atoms with Crippen LogP contribution in [0.5, 0.6) is 0 Å². The monoisotopic (exact) mass is 295 g/mol. The second-order valence-corrected chi connectivity index (χ2v) is 5.37. The molecule has 0 spiro atoms. The maximum Gasteiger partial charge on any atom is 0.338 e. The number of rotatable bonds is 3. The SMILES string of the molecule is CC1CCC(C(N)=O)CN1c1cc(F)c(C(=O)O)cc1N. The van der Waals surface area contributed by atoms with Gasteiger partial charge in [0, 0.05) is 18.7 Å².